The van der Waals surface area contributed by atoms with Crippen molar-refractivity contribution in [3.63, 3.8) is 0 Å². The highest BCUT2D eigenvalue weighted by Gasteiger charge is 2.04. The van der Waals surface area contributed by atoms with Crippen molar-refractivity contribution in [2.45, 2.75) is 20.3 Å². The first kappa shape index (κ1) is 19.0. The van der Waals surface area contributed by atoms with E-state index in [9.17, 15) is 14.4 Å². The van der Waals surface area contributed by atoms with Crippen LogP contribution in [-0.2, 0) is 14.4 Å². The molecule has 0 aromatic heterocycles. The van der Waals surface area contributed by atoms with Gasteiger partial charge < -0.3 is 21.3 Å². The summed E-state index contributed by atoms with van der Waals surface area (Å²) in [6, 6.07) is 14.0. The predicted molar refractivity (Wildman–Crippen MR) is 103 cm³/mol. The second-order valence-corrected chi connectivity index (χ2v) is 5.64. The number of amides is 3. The molecular formula is C19H22N4O3. The monoisotopic (exact) mass is 354 g/mol. The van der Waals surface area contributed by atoms with Gasteiger partial charge in [0, 0.05) is 36.1 Å². The molecule has 2 aromatic carbocycles. The van der Waals surface area contributed by atoms with E-state index < -0.39 is 0 Å². The molecule has 0 fully saturated rings. The van der Waals surface area contributed by atoms with Crippen LogP contribution in [0, 0.1) is 0 Å². The number of hydrogen-bond acceptors (Lipinski definition) is 4. The van der Waals surface area contributed by atoms with Crippen molar-refractivity contribution < 1.29 is 14.4 Å². The second-order valence-electron chi connectivity index (χ2n) is 5.64. The van der Waals surface area contributed by atoms with E-state index in [1.165, 1.54) is 6.92 Å². The fourth-order valence-electron chi connectivity index (χ4n) is 2.15. The zero-order valence-corrected chi connectivity index (χ0v) is 14.8. The van der Waals surface area contributed by atoms with Gasteiger partial charge in [-0.3, -0.25) is 14.4 Å². The molecule has 0 saturated heterocycles. The molecule has 0 bridgehead atoms. The Bertz CT molecular complexity index is 770. The molecule has 0 spiro atoms. The number of carbonyl (C=O) groups is 3. The molecule has 0 saturated carbocycles. The minimum absolute atomic E-state index is 0.0467. The van der Waals surface area contributed by atoms with E-state index in [2.05, 4.69) is 21.3 Å². The molecule has 0 atom stereocenters. The first-order chi connectivity index (χ1) is 12.5. The summed E-state index contributed by atoms with van der Waals surface area (Å²) in [6.07, 6.45) is 0.423. The summed E-state index contributed by atoms with van der Waals surface area (Å²) >= 11 is 0. The van der Waals surface area contributed by atoms with Crippen LogP contribution in [-0.4, -0.2) is 24.3 Å². The summed E-state index contributed by atoms with van der Waals surface area (Å²) in [6.45, 7) is 3.33. The quantitative estimate of drug-likeness (QED) is 0.614. The third-order valence-electron chi connectivity index (χ3n) is 3.43. The molecule has 26 heavy (non-hydrogen) atoms. The van der Waals surface area contributed by atoms with Crippen molar-refractivity contribution in [2.24, 2.45) is 0 Å². The van der Waals surface area contributed by atoms with Gasteiger partial charge in [0.25, 0.3) is 0 Å². The third kappa shape index (κ3) is 6.27. The lowest BCUT2D eigenvalue weighted by Crippen LogP contribution is -2.21. The molecule has 0 aliphatic carbocycles. The molecule has 0 radical (unpaired) electrons. The number of hydrogen-bond donors (Lipinski definition) is 4. The zero-order chi connectivity index (χ0) is 18.9. The maximum Gasteiger partial charge on any atom is 0.243 e. The van der Waals surface area contributed by atoms with E-state index in [0.717, 1.165) is 5.69 Å². The average Bonchev–Trinajstić information content (AvgIpc) is 2.62. The van der Waals surface area contributed by atoms with E-state index in [1.54, 1.807) is 55.5 Å². The van der Waals surface area contributed by atoms with E-state index in [-0.39, 0.29) is 24.3 Å². The minimum Gasteiger partial charge on any atom is -0.376 e. The summed E-state index contributed by atoms with van der Waals surface area (Å²) in [4.78, 5) is 34.3. The van der Waals surface area contributed by atoms with Crippen molar-refractivity contribution >= 4 is 40.5 Å². The van der Waals surface area contributed by atoms with Crippen LogP contribution in [0.15, 0.2) is 48.5 Å². The van der Waals surface area contributed by atoms with Gasteiger partial charge in [0.15, 0.2) is 0 Å². The number of rotatable bonds is 7. The standard InChI is InChI=1S/C19H22N4O3/c1-3-18(25)22-16-6-4-14(5-7-16)20-12-19(26)23-17-10-8-15(9-11-17)21-13(2)24/h4-11,20H,3,12H2,1-2H3,(H,21,24)(H,22,25)(H,23,26). The molecule has 7 heteroatoms. The maximum atomic E-state index is 12.0. The van der Waals surface area contributed by atoms with Crippen LogP contribution >= 0.6 is 0 Å². The Morgan fingerprint density at radius 2 is 1.12 bits per heavy atom. The van der Waals surface area contributed by atoms with Crippen LogP contribution in [0.3, 0.4) is 0 Å². The molecule has 0 unspecified atom stereocenters. The summed E-state index contributed by atoms with van der Waals surface area (Å²) in [5.41, 5.74) is 2.80. The lowest BCUT2D eigenvalue weighted by Gasteiger charge is -2.10. The van der Waals surface area contributed by atoms with Crippen LogP contribution in [0.1, 0.15) is 20.3 Å². The highest BCUT2D eigenvalue weighted by Crippen LogP contribution is 2.15. The van der Waals surface area contributed by atoms with Gasteiger partial charge in [-0.05, 0) is 48.5 Å². The molecular weight excluding hydrogens is 332 g/mol. The summed E-state index contributed by atoms with van der Waals surface area (Å²) in [5, 5.41) is 11.2. The van der Waals surface area contributed by atoms with Crippen molar-refractivity contribution in [3.8, 4) is 0 Å². The van der Waals surface area contributed by atoms with E-state index in [0.29, 0.717) is 23.5 Å². The van der Waals surface area contributed by atoms with Crippen LogP contribution in [0.4, 0.5) is 22.7 Å². The summed E-state index contributed by atoms with van der Waals surface area (Å²) in [7, 11) is 0. The predicted octanol–water partition coefficient (Wildman–Crippen LogP) is 3.04. The molecule has 2 rings (SSSR count). The van der Waals surface area contributed by atoms with E-state index >= 15 is 0 Å². The molecule has 3 amide bonds. The molecule has 0 aliphatic heterocycles. The van der Waals surface area contributed by atoms with Gasteiger partial charge in [-0.2, -0.15) is 0 Å². The normalized spacial score (nSPS) is 9.92. The van der Waals surface area contributed by atoms with Crippen LogP contribution in [0.2, 0.25) is 0 Å². The Labute approximate surface area is 152 Å². The smallest absolute Gasteiger partial charge is 0.243 e. The average molecular weight is 354 g/mol. The fourth-order valence-corrected chi connectivity index (χ4v) is 2.15. The lowest BCUT2D eigenvalue weighted by molar-refractivity contribution is -0.116. The van der Waals surface area contributed by atoms with Gasteiger partial charge in [-0.15, -0.1) is 0 Å². The summed E-state index contributed by atoms with van der Waals surface area (Å²) < 4.78 is 0. The SMILES string of the molecule is CCC(=O)Nc1ccc(NCC(=O)Nc2ccc(NC(C)=O)cc2)cc1. The van der Waals surface area contributed by atoms with Crippen molar-refractivity contribution in [3.05, 3.63) is 48.5 Å². The highest BCUT2D eigenvalue weighted by molar-refractivity contribution is 5.94. The number of nitrogens with one attached hydrogen (secondary N) is 4. The van der Waals surface area contributed by atoms with Crippen molar-refractivity contribution in [1.82, 2.24) is 0 Å². The Balaban J connectivity index is 1.81. The molecule has 136 valence electrons. The number of benzene rings is 2. The highest BCUT2D eigenvalue weighted by atomic mass is 16.2. The lowest BCUT2D eigenvalue weighted by atomic mass is 10.2. The minimum atomic E-state index is -0.194. The van der Waals surface area contributed by atoms with Crippen LogP contribution in [0.5, 0.6) is 0 Å². The molecule has 0 heterocycles. The van der Waals surface area contributed by atoms with Crippen LogP contribution < -0.4 is 21.3 Å². The van der Waals surface area contributed by atoms with Crippen molar-refractivity contribution in [2.75, 3.05) is 27.8 Å². The van der Waals surface area contributed by atoms with Gasteiger partial charge in [0.1, 0.15) is 0 Å². The van der Waals surface area contributed by atoms with Crippen LogP contribution in [0.25, 0.3) is 0 Å². The third-order valence-corrected chi connectivity index (χ3v) is 3.43. The summed E-state index contributed by atoms with van der Waals surface area (Å²) in [5.74, 6) is -0.387. The Morgan fingerprint density at radius 1 is 0.692 bits per heavy atom. The zero-order valence-electron chi connectivity index (χ0n) is 14.8. The number of anilines is 4. The molecule has 0 aliphatic rings. The van der Waals surface area contributed by atoms with E-state index in [4.69, 9.17) is 0 Å². The Kier molecular flexibility index (Phi) is 6.73. The molecule has 4 N–H and O–H groups in total. The van der Waals surface area contributed by atoms with Crippen molar-refractivity contribution in [1.29, 1.82) is 0 Å². The Hall–Kier alpha value is -3.35. The molecule has 7 nitrogen and oxygen atoms in total. The largest absolute Gasteiger partial charge is 0.376 e. The maximum absolute atomic E-state index is 12.0. The van der Waals surface area contributed by atoms with E-state index in [1.807, 2.05) is 0 Å². The first-order valence-electron chi connectivity index (χ1n) is 8.27. The topological polar surface area (TPSA) is 99.3 Å². The first-order valence-corrected chi connectivity index (χ1v) is 8.27. The second kappa shape index (κ2) is 9.22. The number of carbonyl (C=O) groups excluding carboxylic acids is 3. The van der Waals surface area contributed by atoms with Gasteiger partial charge in [0.05, 0.1) is 6.54 Å². The Morgan fingerprint density at radius 3 is 1.58 bits per heavy atom. The van der Waals surface area contributed by atoms with Gasteiger partial charge >= 0.3 is 0 Å². The van der Waals surface area contributed by atoms with Gasteiger partial charge in [0.2, 0.25) is 17.7 Å². The molecule has 2 aromatic rings. The van der Waals surface area contributed by atoms with Gasteiger partial charge in [-0.1, -0.05) is 6.92 Å². The van der Waals surface area contributed by atoms with Gasteiger partial charge in [-0.25, -0.2) is 0 Å². The fraction of sp³-hybridized carbons (Fsp3) is 0.211.